The average molecular weight is 345 g/mol. The Hall–Kier alpha value is -2.67. The highest BCUT2D eigenvalue weighted by Gasteiger charge is 2.14. The molecule has 0 bridgehead atoms. The van der Waals surface area contributed by atoms with E-state index in [4.69, 9.17) is 9.15 Å². The monoisotopic (exact) mass is 345 g/mol. The van der Waals surface area contributed by atoms with Crippen molar-refractivity contribution in [3.05, 3.63) is 56.7 Å². The first-order chi connectivity index (χ1) is 11.5. The molecule has 0 aliphatic carbocycles. The summed E-state index contributed by atoms with van der Waals surface area (Å²) >= 11 is 1.36. The molecule has 0 saturated heterocycles. The van der Waals surface area contributed by atoms with Crippen molar-refractivity contribution in [2.24, 2.45) is 0 Å². The summed E-state index contributed by atoms with van der Waals surface area (Å²) < 4.78 is 11.5. The molecule has 3 rings (SSSR count). The quantitative estimate of drug-likeness (QED) is 0.507. The van der Waals surface area contributed by atoms with Crippen LogP contribution in [0.5, 0.6) is 0 Å². The zero-order valence-corrected chi connectivity index (χ0v) is 13.8. The number of nitrogens with zero attached hydrogens (tertiary/aromatic N) is 1. The highest BCUT2D eigenvalue weighted by Crippen LogP contribution is 2.16. The van der Waals surface area contributed by atoms with Crippen LogP contribution >= 0.6 is 11.3 Å². The van der Waals surface area contributed by atoms with E-state index in [1.807, 2.05) is 13.0 Å². The predicted octanol–water partition coefficient (Wildman–Crippen LogP) is 2.78. The van der Waals surface area contributed by atoms with Crippen LogP contribution in [-0.2, 0) is 16.1 Å². The molecule has 0 radical (unpaired) electrons. The maximum atomic E-state index is 11.9. The number of ketones is 1. The third-order valence-corrected chi connectivity index (χ3v) is 4.53. The van der Waals surface area contributed by atoms with Gasteiger partial charge < -0.3 is 9.15 Å². The summed E-state index contributed by atoms with van der Waals surface area (Å²) in [5.74, 6) is -1.28. The lowest BCUT2D eigenvalue weighted by Gasteiger charge is -2.04. The summed E-state index contributed by atoms with van der Waals surface area (Å²) in [6, 6.07) is 10.5. The largest absolute Gasteiger partial charge is 0.457 e. The van der Waals surface area contributed by atoms with Crippen LogP contribution in [0, 0.1) is 6.92 Å². The van der Waals surface area contributed by atoms with Gasteiger partial charge in [0.05, 0.1) is 16.8 Å². The number of hydrogen-bond acceptors (Lipinski definition) is 6. The van der Waals surface area contributed by atoms with Gasteiger partial charge in [-0.25, -0.2) is 4.79 Å². The minimum Gasteiger partial charge on any atom is -0.457 e. The second-order valence-electron chi connectivity index (χ2n) is 5.23. The molecule has 2 aromatic heterocycles. The molecule has 0 aliphatic heterocycles. The molecule has 0 N–H and O–H groups in total. The zero-order chi connectivity index (χ0) is 17.1. The highest BCUT2D eigenvalue weighted by atomic mass is 32.1. The summed E-state index contributed by atoms with van der Waals surface area (Å²) in [5.41, 5.74) is 1.10. The molecule has 124 valence electrons. The summed E-state index contributed by atoms with van der Waals surface area (Å²) in [6.07, 6.45) is -0.0137. The van der Waals surface area contributed by atoms with E-state index in [9.17, 15) is 14.4 Å². The van der Waals surface area contributed by atoms with E-state index in [0.29, 0.717) is 16.0 Å². The number of fused-ring (bicyclic) bond motifs is 1. The van der Waals surface area contributed by atoms with Crippen molar-refractivity contribution in [1.82, 2.24) is 4.57 Å². The molecule has 0 aliphatic rings. The molecule has 0 saturated carbocycles. The van der Waals surface area contributed by atoms with Gasteiger partial charge in [0, 0.05) is 11.4 Å². The van der Waals surface area contributed by atoms with Crippen molar-refractivity contribution < 1.29 is 18.7 Å². The smallest absolute Gasteiger partial charge is 0.419 e. The Morgan fingerprint density at radius 1 is 1.21 bits per heavy atom. The molecule has 0 spiro atoms. The van der Waals surface area contributed by atoms with Crippen molar-refractivity contribution in [3.8, 4) is 0 Å². The highest BCUT2D eigenvalue weighted by molar-refractivity contribution is 7.14. The first kappa shape index (κ1) is 16.2. The van der Waals surface area contributed by atoms with Gasteiger partial charge >= 0.3 is 11.7 Å². The van der Waals surface area contributed by atoms with Gasteiger partial charge in [-0.2, -0.15) is 0 Å². The van der Waals surface area contributed by atoms with Gasteiger partial charge in [0.25, 0.3) is 0 Å². The van der Waals surface area contributed by atoms with Crippen molar-refractivity contribution in [2.75, 3.05) is 6.61 Å². The molecule has 7 heteroatoms. The second kappa shape index (κ2) is 6.84. The van der Waals surface area contributed by atoms with Crippen molar-refractivity contribution in [2.45, 2.75) is 19.9 Å². The molecule has 0 atom stereocenters. The number of carbonyl (C=O) groups excluding carboxylic acids is 2. The van der Waals surface area contributed by atoms with E-state index in [1.54, 1.807) is 30.3 Å². The molecule has 6 nitrogen and oxygen atoms in total. The summed E-state index contributed by atoms with van der Waals surface area (Å²) in [7, 11) is 0. The van der Waals surface area contributed by atoms with Crippen LogP contribution in [0.4, 0.5) is 0 Å². The number of esters is 1. The number of oxazole rings is 1. The van der Waals surface area contributed by atoms with Crippen LogP contribution in [0.15, 0.2) is 45.6 Å². The maximum Gasteiger partial charge on any atom is 0.419 e. The molecule has 2 heterocycles. The lowest BCUT2D eigenvalue weighted by Crippen LogP contribution is -2.19. The van der Waals surface area contributed by atoms with Gasteiger partial charge in [0.1, 0.15) is 0 Å². The minimum atomic E-state index is -0.534. The Bertz CT molecular complexity index is 949. The van der Waals surface area contributed by atoms with Gasteiger partial charge in [0.15, 0.2) is 12.2 Å². The number of para-hydroxylation sites is 2. The van der Waals surface area contributed by atoms with Crippen LogP contribution in [0.25, 0.3) is 11.1 Å². The van der Waals surface area contributed by atoms with E-state index < -0.39 is 11.7 Å². The molecule has 0 amide bonds. The fourth-order valence-corrected chi connectivity index (χ4v) is 3.09. The van der Waals surface area contributed by atoms with Crippen LogP contribution in [0.1, 0.15) is 21.0 Å². The Kier molecular flexibility index (Phi) is 4.61. The summed E-state index contributed by atoms with van der Waals surface area (Å²) in [6.45, 7) is 1.75. The Balaban J connectivity index is 1.56. The molecule has 0 fully saturated rings. The van der Waals surface area contributed by atoms with Crippen molar-refractivity contribution in [3.63, 3.8) is 0 Å². The predicted molar refractivity (Wildman–Crippen MR) is 89.4 cm³/mol. The summed E-state index contributed by atoms with van der Waals surface area (Å²) in [4.78, 5) is 37.1. The first-order valence-electron chi connectivity index (χ1n) is 7.38. The van der Waals surface area contributed by atoms with Crippen LogP contribution in [0.3, 0.4) is 0 Å². The third kappa shape index (κ3) is 3.46. The summed E-state index contributed by atoms with van der Waals surface area (Å²) in [5, 5.41) is 0. The normalized spacial score (nSPS) is 10.9. The van der Waals surface area contributed by atoms with Crippen molar-refractivity contribution in [1.29, 1.82) is 0 Å². The number of ether oxygens (including phenoxy) is 1. The fraction of sp³-hybridized carbons (Fsp3) is 0.235. The number of carbonyl (C=O) groups is 2. The molecule has 1 aromatic carbocycles. The lowest BCUT2D eigenvalue weighted by molar-refractivity contribution is -0.142. The fourth-order valence-electron chi connectivity index (χ4n) is 2.30. The molecule has 3 aromatic rings. The number of aromatic nitrogens is 1. The Labute approximate surface area is 141 Å². The minimum absolute atomic E-state index is 0.0137. The SMILES string of the molecule is Cc1ccc(C(=O)COC(=O)CCn2c(=O)oc3ccccc32)s1. The Morgan fingerprint density at radius 2 is 2.00 bits per heavy atom. The number of thiophene rings is 1. The van der Waals surface area contributed by atoms with Crippen LogP contribution < -0.4 is 5.76 Å². The van der Waals surface area contributed by atoms with Gasteiger partial charge in [-0.15, -0.1) is 11.3 Å². The Morgan fingerprint density at radius 3 is 2.75 bits per heavy atom. The van der Waals surface area contributed by atoms with Crippen molar-refractivity contribution >= 4 is 34.2 Å². The average Bonchev–Trinajstić information content (AvgIpc) is 3.13. The molecule has 24 heavy (non-hydrogen) atoms. The van der Waals surface area contributed by atoms with E-state index >= 15 is 0 Å². The molecular weight excluding hydrogens is 330 g/mol. The third-order valence-electron chi connectivity index (χ3n) is 3.49. The van der Waals surface area contributed by atoms with E-state index in [2.05, 4.69) is 0 Å². The first-order valence-corrected chi connectivity index (χ1v) is 8.20. The lowest BCUT2D eigenvalue weighted by atomic mass is 10.3. The second-order valence-corrected chi connectivity index (χ2v) is 6.52. The van der Waals surface area contributed by atoms with Gasteiger partial charge in [-0.05, 0) is 31.2 Å². The van der Waals surface area contributed by atoms with E-state index in [-0.39, 0.29) is 25.4 Å². The van der Waals surface area contributed by atoms with Gasteiger partial charge in [0.2, 0.25) is 5.78 Å². The van der Waals surface area contributed by atoms with Crippen LogP contribution in [-0.4, -0.2) is 22.9 Å². The maximum absolute atomic E-state index is 11.9. The zero-order valence-electron chi connectivity index (χ0n) is 13.0. The number of Topliss-reactive ketones (excluding diaryl/α,β-unsaturated/α-hetero) is 1. The van der Waals surface area contributed by atoms with Gasteiger partial charge in [-0.1, -0.05) is 12.1 Å². The molecular formula is C17H15NO5S. The van der Waals surface area contributed by atoms with E-state index in [0.717, 1.165) is 4.88 Å². The number of rotatable bonds is 6. The van der Waals surface area contributed by atoms with E-state index in [1.165, 1.54) is 15.9 Å². The van der Waals surface area contributed by atoms with Gasteiger partial charge in [-0.3, -0.25) is 14.2 Å². The number of benzene rings is 1. The number of hydrogen-bond donors (Lipinski definition) is 0. The number of aryl methyl sites for hydroxylation is 2. The standard InChI is InChI=1S/C17H15NO5S/c1-11-6-7-15(24-11)13(19)10-22-16(20)8-9-18-12-4-2-3-5-14(12)23-17(18)21/h2-7H,8-10H2,1H3. The van der Waals surface area contributed by atoms with Crippen LogP contribution in [0.2, 0.25) is 0 Å². The molecule has 0 unspecified atom stereocenters. The topological polar surface area (TPSA) is 78.5 Å².